The lowest BCUT2D eigenvalue weighted by Crippen LogP contribution is -2.02. The zero-order chi connectivity index (χ0) is 19.1. The van der Waals surface area contributed by atoms with Crippen LogP contribution in [0, 0.1) is 12.7 Å². The molecule has 0 spiro atoms. The Bertz CT molecular complexity index is 959. The summed E-state index contributed by atoms with van der Waals surface area (Å²) >= 11 is 0. The number of hydrogen-bond donors (Lipinski definition) is 0. The fraction of sp³-hybridized carbons (Fsp3) is 0.0952. The fourth-order valence-electron chi connectivity index (χ4n) is 2.28. The molecule has 0 aliphatic heterocycles. The second-order valence-corrected chi connectivity index (χ2v) is 5.69. The van der Waals surface area contributed by atoms with Crippen LogP contribution in [-0.2, 0) is 16.1 Å². The van der Waals surface area contributed by atoms with Crippen molar-refractivity contribution in [1.82, 2.24) is 9.97 Å². The van der Waals surface area contributed by atoms with Crippen molar-refractivity contribution in [2.45, 2.75) is 13.5 Å². The summed E-state index contributed by atoms with van der Waals surface area (Å²) in [4.78, 5) is 20.0. The van der Waals surface area contributed by atoms with Crippen molar-refractivity contribution in [3.05, 3.63) is 89.8 Å². The van der Waals surface area contributed by atoms with Crippen molar-refractivity contribution in [3.63, 3.8) is 0 Å². The SMILES string of the molecule is Cc1cccc(COC(=O)/C=C/c2ccc(Oc3cccnc3)c(F)c2)n1. The third kappa shape index (κ3) is 5.47. The predicted octanol–water partition coefficient (Wildman–Crippen LogP) is 4.47. The van der Waals surface area contributed by atoms with Gasteiger partial charge in [0, 0.05) is 18.0 Å². The van der Waals surface area contributed by atoms with Crippen LogP contribution in [0.2, 0.25) is 0 Å². The highest BCUT2D eigenvalue weighted by Crippen LogP contribution is 2.24. The van der Waals surface area contributed by atoms with Crippen LogP contribution in [0.15, 0.2) is 67.0 Å². The summed E-state index contributed by atoms with van der Waals surface area (Å²) in [6.45, 7) is 1.94. The second-order valence-electron chi connectivity index (χ2n) is 5.69. The topological polar surface area (TPSA) is 61.3 Å². The molecule has 0 atom stereocenters. The fourth-order valence-corrected chi connectivity index (χ4v) is 2.28. The molecule has 3 aromatic rings. The number of nitrogens with zero attached hydrogens (tertiary/aromatic N) is 2. The Morgan fingerprint density at radius 3 is 2.81 bits per heavy atom. The molecular weight excluding hydrogens is 347 g/mol. The van der Waals surface area contributed by atoms with Gasteiger partial charge in [-0.05, 0) is 55.0 Å². The molecule has 5 nitrogen and oxygen atoms in total. The molecular formula is C21H17FN2O3. The molecule has 0 aliphatic rings. The van der Waals surface area contributed by atoms with Crippen molar-refractivity contribution in [2.75, 3.05) is 0 Å². The molecule has 0 fully saturated rings. The van der Waals surface area contributed by atoms with E-state index in [1.807, 2.05) is 19.1 Å². The van der Waals surface area contributed by atoms with Gasteiger partial charge in [-0.1, -0.05) is 12.1 Å². The minimum atomic E-state index is -0.543. The molecule has 6 heteroatoms. The van der Waals surface area contributed by atoms with Crippen LogP contribution >= 0.6 is 0 Å². The molecule has 0 saturated heterocycles. The Hall–Kier alpha value is -3.54. The molecule has 2 heterocycles. The van der Waals surface area contributed by atoms with Gasteiger partial charge in [0.15, 0.2) is 11.6 Å². The highest BCUT2D eigenvalue weighted by molar-refractivity contribution is 5.87. The van der Waals surface area contributed by atoms with Gasteiger partial charge in [0.05, 0.1) is 11.9 Å². The van der Waals surface area contributed by atoms with Gasteiger partial charge >= 0.3 is 5.97 Å². The molecule has 27 heavy (non-hydrogen) atoms. The van der Waals surface area contributed by atoms with Crippen LogP contribution < -0.4 is 4.74 Å². The van der Waals surface area contributed by atoms with Gasteiger partial charge < -0.3 is 9.47 Å². The predicted molar refractivity (Wildman–Crippen MR) is 98.5 cm³/mol. The molecule has 3 rings (SSSR count). The van der Waals surface area contributed by atoms with E-state index in [-0.39, 0.29) is 12.4 Å². The van der Waals surface area contributed by atoms with Crippen LogP contribution in [0.3, 0.4) is 0 Å². The van der Waals surface area contributed by atoms with Crippen LogP contribution in [-0.4, -0.2) is 15.9 Å². The number of benzene rings is 1. The summed E-state index contributed by atoms with van der Waals surface area (Å²) in [5.41, 5.74) is 2.03. The second kappa shape index (κ2) is 8.71. The summed E-state index contributed by atoms with van der Waals surface area (Å²) < 4.78 is 24.7. The monoisotopic (exact) mass is 364 g/mol. The maximum Gasteiger partial charge on any atom is 0.331 e. The van der Waals surface area contributed by atoms with Gasteiger partial charge in [0.2, 0.25) is 0 Å². The Kier molecular flexibility index (Phi) is 5.89. The summed E-state index contributed by atoms with van der Waals surface area (Å²) in [5, 5.41) is 0. The van der Waals surface area contributed by atoms with Crippen LogP contribution in [0.5, 0.6) is 11.5 Å². The van der Waals surface area contributed by atoms with Crippen molar-refractivity contribution >= 4 is 12.0 Å². The Balaban J connectivity index is 1.58. The number of rotatable bonds is 6. The highest BCUT2D eigenvalue weighted by atomic mass is 19.1. The van der Waals surface area contributed by atoms with E-state index in [1.165, 1.54) is 30.5 Å². The first-order valence-electron chi connectivity index (χ1n) is 8.25. The quantitative estimate of drug-likeness (QED) is 0.477. The van der Waals surface area contributed by atoms with E-state index in [1.54, 1.807) is 30.5 Å². The number of aryl methyl sites for hydroxylation is 1. The Morgan fingerprint density at radius 2 is 2.07 bits per heavy atom. The first kappa shape index (κ1) is 18.3. The lowest BCUT2D eigenvalue weighted by Gasteiger charge is -2.06. The molecule has 0 aliphatic carbocycles. The lowest BCUT2D eigenvalue weighted by molar-refractivity contribution is -0.139. The van der Waals surface area contributed by atoms with E-state index in [4.69, 9.17) is 9.47 Å². The molecule has 1 aromatic carbocycles. The Morgan fingerprint density at radius 1 is 1.19 bits per heavy atom. The molecule has 0 bridgehead atoms. The van der Waals surface area contributed by atoms with Gasteiger partial charge in [-0.2, -0.15) is 0 Å². The number of aromatic nitrogens is 2. The summed E-state index contributed by atoms with van der Waals surface area (Å²) in [7, 11) is 0. The van der Waals surface area contributed by atoms with E-state index < -0.39 is 11.8 Å². The number of ether oxygens (including phenoxy) is 2. The molecule has 0 radical (unpaired) electrons. The normalized spacial score (nSPS) is 10.7. The minimum Gasteiger partial charge on any atom is -0.456 e. The van der Waals surface area contributed by atoms with Crippen molar-refractivity contribution in [1.29, 1.82) is 0 Å². The van der Waals surface area contributed by atoms with Gasteiger partial charge in [0.1, 0.15) is 12.4 Å². The summed E-state index contributed by atoms with van der Waals surface area (Å²) in [6, 6.07) is 13.3. The third-order valence-corrected chi connectivity index (χ3v) is 3.54. The van der Waals surface area contributed by atoms with Crippen LogP contribution in [0.25, 0.3) is 6.08 Å². The number of esters is 1. The Labute approximate surface area is 156 Å². The molecule has 0 amide bonds. The smallest absolute Gasteiger partial charge is 0.331 e. The molecule has 0 N–H and O–H groups in total. The van der Waals surface area contributed by atoms with Crippen molar-refractivity contribution < 1.29 is 18.7 Å². The number of pyridine rings is 2. The van der Waals surface area contributed by atoms with E-state index in [9.17, 15) is 9.18 Å². The van der Waals surface area contributed by atoms with Crippen molar-refractivity contribution in [2.24, 2.45) is 0 Å². The van der Waals surface area contributed by atoms with Gasteiger partial charge in [-0.25, -0.2) is 9.18 Å². The molecule has 2 aromatic heterocycles. The van der Waals surface area contributed by atoms with Gasteiger partial charge in [0.25, 0.3) is 0 Å². The van der Waals surface area contributed by atoms with E-state index in [2.05, 4.69) is 9.97 Å². The first-order valence-corrected chi connectivity index (χ1v) is 8.25. The van der Waals surface area contributed by atoms with Gasteiger partial charge in [-0.3, -0.25) is 9.97 Å². The maximum atomic E-state index is 14.2. The zero-order valence-electron chi connectivity index (χ0n) is 14.6. The molecule has 0 unspecified atom stereocenters. The maximum absolute atomic E-state index is 14.2. The van der Waals surface area contributed by atoms with Crippen LogP contribution in [0.4, 0.5) is 4.39 Å². The van der Waals surface area contributed by atoms with Crippen LogP contribution in [0.1, 0.15) is 17.0 Å². The number of carbonyl (C=O) groups excluding carboxylic acids is 1. The summed E-state index contributed by atoms with van der Waals surface area (Å²) in [6.07, 6.45) is 5.81. The minimum absolute atomic E-state index is 0.0771. The number of carbonyl (C=O) groups is 1. The average molecular weight is 364 g/mol. The molecule has 136 valence electrons. The standard InChI is InChI=1S/C21H17FN2O3/c1-15-4-2-5-17(24-15)14-26-21(25)10-8-16-7-9-20(19(22)12-16)27-18-6-3-11-23-13-18/h2-13H,14H2,1H3/b10-8+. The van der Waals surface area contributed by atoms with E-state index in [0.717, 1.165) is 5.69 Å². The lowest BCUT2D eigenvalue weighted by atomic mass is 10.2. The first-order chi connectivity index (χ1) is 13.1. The molecule has 0 saturated carbocycles. The zero-order valence-corrected chi connectivity index (χ0v) is 14.6. The van der Waals surface area contributed by atoms with E-state index >= 15 is 0 Å². The third-order valence-electron chi connectivity index (χ3n) is 3.54. The number of halogens is 1. The van der Waals surface area contributed by atoms with Gasteiger partial charge in [-0.15, -0.1) is 0 Å². The average Bonchev–Trinajstić information content (AvgIpc) is 2.67. The summed E-state index contributed by atoms with van der Waals surface area (Å²) in [5.74, 6) is -0.561. The highest BCUT2D eigenvalue weighted by Gasteiger charge is 2.06. The number of hydrogen-bond acceptors (Lipinski definition) is 5. The largest absolute Gasteiger partial charge is 0.456 e. The van der Waals surface area contributed by atoms with Crippen molar-refractivity contribution in [3.8, 4) is 11.5 Å². The van der Waals surface area contributed by atoms with E-state index in [0.29, 0.717) is 17.0 Å².